The molecule has 0 bridgehead atoms. The molecule has 0 amide bonds. The molecule has 0 aliphatic rings. The van der Waals surface area contributed by atoms with Crippen LogP contribution in [0, 0.1) is 0 Å². The molecule has 0 aliphatic heterocycles. The van der Waals surface area contributed by atoms with Gasteiger partial charge in [0.05, 0.1) is 0 Å². The highest BCUT2D eigenvalue weighted by Crippen LogP contribution is 2.05. The van der Waals surface area contributed by atoms with Gasteiger partial charge in [-0.2, -0.15) is 0 Å². The van der Waals surface area contributed by atoms with E-state index in [1.807, 2.05) is 14.1 Å². The number of hydrogen-bond donors (Lipinski definition) is 6. The summed E-state index contributed by atoms with van der Waals surface area (Å²) in [5, 5.41) is 20.4. The van der Waals surface area contributed by atoms with Gasteiger partial charge in [-0.15, -0.1) is 0 Å². The fraction of sp³-hybridized carbons (Fsp3) is 0.727. The fourth-order valence-corrected chi connectivity index (χ4v) is 3.02. The van der Waals surface area contributed by atoms with Crippen molar-refractivity contribution >= 4 is 0 Å². The lowest BCUT2D eigenvalue weighted by Crippen LogP contribution is -2.24. The summed E-state index contributed by atoms with van der Waals surface area (Å²) >= 11 is 0. The van der Waals surface area contributed by atoms with Crippen LogP contribution in [-0.2, 0) is 13.1 Å². The lowest BCUT2D eigenvalue weighted by atomic mass is 10.1. The predicted octanol–water partition coefficient (Wildman–Crippen LogP) is 1.04. The zero-order valence-corrected chi connectivity index (χ0v) is 18.2. The molecular weight excluding hydrogens is 348 g/mol. The summed E-state index contributed by atoms with van der Waals surface area (Å²) in [5.41, 5.74) is 2.74. The maximum atomic E-state index is 3.55. The molecule has 6 nitrogen and oxygen atoms in total. The number of rotatable bonds is 20. The van der Waals surface area contributed by atoms with Crippen LogP contribution in [0.15, 0.2) is 24.3 Å². The van der Waals surface area contributed by atoms with Crippen molar-refractivity contribution in [3.63, 3.8) is 0 Å². The zero-order chi connectivity index (χ0) is 20.1. The maximum Gasteiger partial charge on any atom is 0.0205 e. The maximum absolute atomic E-state index is 3.55. The van der Waals surface area contributed by atoms with E-state index < -0.39 is 0 Å². The summed E-state index contributed by atoms with van der Waals surface area (Å²) in [6.45, 7) is 10.6. The van der Waals surface area contributed by atoms with Crippen LogP contribution in [0.2, 0.25) is 0 Å². The fourth-order valence-electron chi connectivity index (χ4n) is 3.02. The van der Waals surface area contributed by atoms with Crippen molar-refractivity contribution in [1.29, 1.82) is 0 Å². The van der Waals surface area contributed by atoms with Crippen molar-refractivity contribution < 1.29 is 0 Å². The molecule has 0 radical (unpaired) electrons. The minimum atomic E-state index is 0.949. The van der Waals surface area contributed by atoms with Gasteiger partial charge < -0.3 is 31.9 Å². The molecule has 6 heteroatoms. The third kappa shape index (κ3) is 15.0. The molecule has 28 heavy (non-hydrogen) atoms. The van der Waals surface area contributed by atoms with E-state index >= 15 is 0 Å². The zero-order valence-electron chi connectivity index (χ0n) is 18.2. The Morgan fingerprint density at radius 1 is 0.536 bits per heavy atom. The van der Waals surface area contributed by atoms with Crippen LogP contribution in [0.1, 0.15) is 36.8 Å². The van der Waals surface area contributed by atoms with E-state index in [1.165, 1.54) is 36.8 Å². The van der Waals surface area contributed by atoms with Crippen LogP contribution < -0.4 is 31.9 Å². The standard InChI is InChI=1S/C22H44N6/c1-23-10-4-12-25-14-6-16-27-19-21-8-3-9-22(18-21)20-28-17-7-15-26-13-5-11-24-2/h3,8-9,18,23-28H,4-7,10-17,19-20H2,1-2H3. The van der Waals surface area contributed by atoms with Gasteiger partial charge in [0.15, 0.2) is 0 Å². The Hall–Kier alpha value is -1.02. The SMILES string of the molecule is CNCCCNCCCNCc1cccc(CNCCCNCCCNC)c1. The van der Waals surface area contributed by atoms with Crippen LogP contribution in [0.3, 0.4) is 0 Å². The van der Waals surface area contributed by atoms with Crippen LogP contribution in [0.4, 0.5) is 0 Å². The van der Waals surface area contributed by atoms with Crippen molar-refractivity contribution in [2.45, 2.75) is 38.8 Å². The molecule has 1 aromatic carbocycles. The Labute approximate surface area is 173 Å². The van der Waals surface area contributed by atoms with E-state index in [0.717, 1.165) is 65.4 Å². The van der Waals surface area contributed by atoms with Crippen molar-refractivity contribution in [1.82, 2.24) is 31.9 Å². The Kier molecular flexibility index (Phi) is 17.2. The van der Waals surface area contributed by atoms with Gasteiger partial charge in [-0.25, -0.2) is 0 Å². The summed E-state index contributed by atoms with van der Waals surface area (Å²) in [7, 11) is 4.00. The molecule has 0 aliphatic carbocycles. The molecule has 0 heterocycles. The molecule has 162 valence electrons. The first kappa shape index (κ1) is 25.0. The Bertz CT molecular complexity index is 417. The summed E-state index contributed by atoms with van der Waals surface area (Å²) in [4.78, 5) is 0. The summed E-state index contributed by atoms with van der Waals surface area (Å²) < 4.78 is 0. The van der Waals surface area contributed by atoms with Crippen molar-refractivity contribution in [3.8, 4) is 0 Å². The third-order valence-electron chi connectivity index (χ3n) is 4.62. The Morgan fingerprint density at radius 3 is 1.36 bits per heavy atom. The van der Waals surface area contributed by atoms with E-state index in [2.05, 4.69) is 56.2 Å². The first-order chi connectivity index (χ1) is 13.9. The summed E-state index contributed by atoms with van der Waals surface area (Å²) in [5.74, 6) is 0. The number of nitrogens with one attached hydrogen (secondary N) is 6. The van der Waals surface area contributed by atoms with Gasteiger partial charge in [-0.3, -0.25) is 0 Å². The second-order valence-electron chi connectivity index (χ2n) is 7.29. The molecule has 1 rings (SSSR count). The van der Waals surface area contributed by atoms with Gasteiger partial charge in [-0.1, -0.05) is 24.3 Å². The van der Waals surface area contributed by atoms with Gasteiger partial charge in [0.1, 0.15) is 0 Å². The molecule has 0 saturated heterocycles. The number of benzene rings is 1. The highest BCUT2D eigenvalue weighted by Gasteiger charge is 1.97. The van der Waals surface area contributed by atoms with Gasteiger partial charge in [-0.05, 0) is 103 Å². The molecule has 0 spiro atoms. The minimum absolute atomic E-state index is 0.949. The van der Waals surface area contributed by atoms with Crippen LogP contribution in [0.5, 0.6) is 0 Å². The Balaban J connectivity index is 2.00. The normalized spacial score (nSPS) is 11.2. The summed E-state index contributed by atoms with van der Waals surface area (Å²) in [6.07, 6.45) is 4.73. The molecule has 6 N–H and O–H groups in total. The van der Waals surface area contributed by atoms with Gasteiger partial charge in [0.2, 0.25) is 0 Å². The third-order valence-corrected chi connectivity index (χ3v) is 4.62. The lowest BCUT2D eigenvalue weighted by Gasteiger charge is -2.09. The van der Waals surface area contributed by atoms with Gasteiger partial charge in [0.25, 0.3) is 0 Å². The van der Waals surface area contributed by atoms with E-state index in [1.54, 1.807) is 0 Å². The number of hydrogen-bond acceptors (Lipinski definition) is 6. The smallest absolute Gasteiger partial charge is 0.0205 e. The molecule has 1 aromatic rings. The first-order valence-electron chi connectivity index (χ1n) is 11.1. The van der Waals surface area contributed by atoms with Gasteiger partial charge >= 0.3 is 0 Å². The molecule has 0 fully saturated rings. The van der Waals surface area contributed by atoms with Crippen LogP contribution in [0.25, 0.3) is 0 Å². The van der Waals surface area contributed by atoms with E-state index in [4.69, 9.17) is 0 Å². The van der Waals surface area contributed by atoms with Gasteiger partial charge in [0, 0.05) is 13.1 Å². The Morgan fingerprint density at radius 2 is 0.929 bits per heavy atom. The first-order valence-corrected chi connectivity index (χ1v) is 11.1. The molecular formula is C22H44N6. The topological polar surface area (TPSA) is 72.2 Å². The molecule has 0 unspecified atom stereocenters. The minimum Gasteiger partial charge on any atom is -0.320 e. The van der Waals surface area contributed by atoms with E-state index in [-0.39, 0.29) is 0 Å². The summed E-state index contributed by atoms with van der Waals surface area (Å²) in [6, 6.07) is 8.90. The van der Waals surface area contributed by atoms with Crippen LogP contribution in [-0.4, -0.2) is 66.5 Å². The molecule has 0 saturated carbocycles. The van der Waals surface area contributed by atoms with E-state index in [0.29, 0.717) is 0 Å². The van der Waals surface area contributed by atoms with Crippen molar-refractivity contribution in [2.24, 2.45) is 0 Å². The second kappa shape index (κ2) is 19.3. The lowest BCUT2D eigenvalue weighted by molar-refractivity contribution is 0.574. The van der Waals surface area contributed by atoms with Crippen LogP contribution >= 0.6 is 0 Å². The van der Waals surface area contributed by atoms with Crippen molar-refractivity contribution in [3.05, 3.63) is 35.4 Å². The average molecular weight is 393 g/mol. The second-order valence-corrected chi connectivity index (χ2v) is 7.29. The quantitative estimate of drug-likeness (QED) is 0.186. The largest absolute Gasteiger partial charge is 0.320 e. The monoisotopic (exact) mass is 392 g/mol. The van der Waals surface area contributed by atoms with Crippen molar-refractivity contribution in [2.75, 3.05) is 66.5 Å². The average Bonchev–Trinajstić information content (AvgIpc) is 2.72. The predicted molar refractivity (Wildman–Crippen MR) is 122 cm³/mol. The molecule has 0 aromatic heterocycles. The molecule has 0 atom stereocenters. The highest BCUT2D eigenvalue weighted by molar-refractivity contribution is 5.23. The highest BCUT2D eigenvalue weighted by atomic mass is 14.9. The van der Waals surface area contributed by atoms with E-state index in [9.17, 15) is 0 Å².